The van der Waals surface area contributed by atoms with E-state index in [4.69, 9.17) is 4.42 Å². The summed E-state index contributed by atoms with van der Waals surface area (Å²) in [6.45, 7) is 34.5. The number of benzene rings is 12. The SMILES string of the molecule is CC(C)(C)c1ccc([C@H](Cc2cc3c(c4oc5ccccc5c24)-c2c(cc(N(c4ccccc4)c4ccc(C(C)(C)C)cc4)c4ccccc24)C3(c2ccc(N(c3ccc(C(C)(C)C)cc3)c3ccc(C(C)(C)C)cc3)cc2)c2ccc(C(C)(C)C)cc2)c2ccccc2)cc1. The first-order chi connectivity index (χ1) is 45.8. The highest BCUT2D eigenvalue weighted by molar-refractivity contribution is 6.19. The molecule has 3 heteroatoms. The molecule has 0 spiro atoms. The minimum atomic E-state index is -0.914. The van der Waals surface area contributed by atoms with E-state index >= 15 is 0 Å². The van der Waals surface area contributed by atoms with Crippen LogP contribution >= 0.6 is 0 Å². The Morgan fingerprint density at radius 2 is 0.677 bits per heavy atom. The Morgan fingerprint density at radius 1 is 0.323 bits per heavy atom. The summed E-state index contributed by atoms with van der Waals surface area (Å²) in [7, 11) is 0. The number of hydrogen-bond donors (Lipinski definition) is 0. The molecular formula is C93H92N2O. The maximum Gasteiger partial charge on any atom is 0.143 e. The largest absolute Gasteiger partial charge is 0.455 e. The molecule has 1 heterocycles. The molecule has 0 fully saturated rings. The van der Waals surface area contributed by atoms with Gasteiger partial charge in [0.05, 0.1) is 11.1 Å². The summed E-state index contributed by atoms with van der Waals surface area (Å²) < 4.78 is 7.66. The van der Waals surface area contributed by atoms with Gasteiger partial charge in [-0.2, -0.15) is 0 Å². The summed E-state index contributed by atoms with van der Waals surface area (Å²) in [6, 6.07) is 102. The van der Waals surface area contributed by atoms with Gasteiger partial charge in [-0.1, -0.05) is 298 Å². The average molecular weight is 1250 g/mol. The molecule has 0 aliphatic heterocycles. The molecule has 1 aliphatic rings. The lowest BCUT2D eigenvalue weighted by molar-refractivity contribution is 0.589. The van der Waals surface area contributed by atoms with Gasteiger partial charge < -0.3 is 14.2 Å². The van der Waals surface area contributed by atoms with Crippen molar-refractivity contribution in [1.82, 2.24) is 0 Å². The first-order valence-corrected chi connectivity index (χ1v) is 34.6. The minimum Gasteiger partial charge on any atom is -0.455 e. The van der Waals surface area contributed by atoms with Crippen LogP contribution in [-0.4, -0.2) is 0 Å². The number of rotatable bonds is 12. The molecule has 0 radical (unpaired) electrons. The van der Waals surface area contributed by atoms with Gasteiger partial charge in [-0.05, 0) is 184 Å². The van der Waals surface area contributed by atoms with Gasteiger partial charge in [-0.15, -0.1) is 0 Å². The van der Waals surface area contributed by atoms with E-state index in [1.165, 1.54) is 83.1 Å². The summed E-state index contributed by atoms with van der Waals surface area (Å²) >= 11 is 0. The molecule has 96 heavy (non-hydrogen) atoms. The highest BCUT2D eigenvalue weighted by Crippen LogP contribution is 2.63. The summed E-state index contributed by atoms with van der Waals surface area (Å²) in [5, 5.41) is 4.61. The third-order valence-electron chi connectivity index (χ3n) is 20.6. The lowest BCUT2D eigenvalue weighted by Crippen LogP contribution is -2.29. The van der Waals surface area contributed by atoms with Crippen LogP contribution in [0.2, 0.25) is 0 Å². The zero-order chi connectivity index (χ0) is 67.3. The molecule has 480 valence electrons. The van der Waals surface area contributed by atoms with Gasteiger partial charge >= 0.3 is 0 Å². The van der Waals surface area contributed by atoms with E-state index in [0.29, 0.717) is 0 Å². The average Bonchev–Trinajstić information content (AvgIpc) is 1.50. The number of anilines is 6. The smallest absolute Gasteiger partial charge is 0.143 e. The highest BCUT2D eigenvalue weighted by Gasteiger charge is 2.50. The van der Waals surface area contributed by atoms with E-state index in [0.717, 1.165) is 68.0 Å². The fourth-order valence-corrected chi connectivity index (χ4v) is 15.1. The van der Waals surface area contributed by atoms with Crippen LogP contribution < -0.4 is 9.80 Å². The van der Waals surface area contributed by atoms with Crippen LogP contribution in [0.15, 0.2) is 271 Å². The Hall–Kier alpha value is -9.70. The van der Waals surface area contributed by atoms with Crippen LogP contribution in [0, 0.1) is 0 Å². The second-order valence-electron chi connectivity index (χ2n) is 32.2. The molecule has 0 saturated carbocycles. The normalized spacial score (nSPS) is 14.7. The Labute approximate surface area is 571 Å². The van der Waals surface area contributed by atoms with Crippen molar-refractivity contribution >= 4 is 66.8 Å². The van der Waals surface area contributed by atoms with Gasteiger partial charge in [0.2, 0.25) is 0 Å². The summed E-state index contributed by atoms with van der Waals surface area (Å²) in [4.78, 5) is 4.94. The molecule has 1 unspecified atom stereocenters. The van der Waals surface area contributed by atoms with E-state index in [-0.39, 0.29) is 33.0 Å². The lowest BCUT2D eigenvalue weighted by Gasteiger charge is -2.36. The summed E-state index contributed by atoms with van der Waals surface area (Å²) in [5.74, 6) is 0.0242. The van der Waals surface area contributed by atoms with Crippen LogP contribution in [0.25, 0.3) is 43.8 Å². The number of nitrogens with zero attached hydrogens (tertiary/aromatic N) is 2. The van der Waals surface area contributed by atoms with Gasteiger partial charge in [0.1, 0.15) is 11.2 Å². The van der Waals surface area contributed by atoms with Crippen molar-refractivity contribution < 1.29 is 4.42 Å². The molecule has 3 nitrogen and oxygen atoms in total. The maximum atomic E-state index is 7.66. The number of hydrogen-bond acceptors (Lipinski definition) is 3. The molecule has 0 bridgehead atoms. The van der Waals surface area contributed by atoms with Crippen LogP contribution in [0.1, 0.15) is 177 Å². The monoisotopic (exact) mass is 1250 g/mol. The summed E-state index contributed by atoms with van der Waals surface area (Å²) in [6.07, 6.45) is 0.732. The predicted octanol–water partition coefficient (Wildman–Crippen LogP) is 25.9. The van der Waals surface area contributed by atoms with E-state index in [1.54, 1.807) is 0 Å². The van der Waals surface area contributed by atoms with Crippen LogP contribution in [0.5, 0.6) is 0 Å². The van der Waals surface area contributed by atoms with Gasteiger partial charge in [0, 0.05) is 56.1 Å². The van der Waals surface area contributed by atoms with Crippen molar-refractivity contribution in [1.29, 1.82) is 0 Å². The van der Waals surface area contributed by atoms with Crippen LogP contribution in [0.4, 0.5) is 34.1 Å². The second-order valence-corrected chi connectivity index (χ2v) is 32.2. The van der Waals surface area contributed by atoms with E-state index in [9.17, 15) is 0 Å². The number of furan rings is 1. The Balaban J connectivity index is 1.11. The first kappa shape index (κ1) is 63.7. The van der Waals surface area contributed by atoms with Gasteiger partial charge in [-0.3, -0.25) is 0 Å². The van der Waals surface area contributed by atoms with E-state index < -0.39 is 5.41 Å². The van der Waals surface area contributed by atoms with Crippen LogP contribution in [-0.2, 0) is 38.9 Å². The standard InChI is InChI=1S/C93H92N2O/c1-88(2,3)64-36-34-62(35-37-64)79(61-26-18-16-19-27-61)58-63-59-80-86(87-84(63)78-32-24-25-33-83(78)96-87)85-77-31-23-22-30-76(77)82(95(71-28-20-17-21-29-71)75-54-46-68(47-55-75)92(13,14)15)60-81(85)93(80,69-40-38-65(39-41-69)89(4,5)6)70-48-56-74(57-49-70)94(72-50-42-66(43-51-72)90(7,8)9)73-52-44-67(45-53-73)91(10,11)12/h16-57,59-60,79H,58H2,1-15H3/t79-,93?/m1/s1. The molecule has 2 atom stereocenters. The molecular weight excluding hydrogens is 1160 g/mol. The fourth-order valence-electron chi connectivity index (χ4n) is 15.1. The topological polar surface area (TPSA) is 19.6 Å². The van der Waals surface area contributed by atoms with Crippen molar-refractivity contribution in [3.63, 3.8) is 0 Å². The maximum absolute atomic E-state index is 7.66. The lowest BCUT2D eigenvalue weighted by atomic mass is 9.66. The third kappa shape index (κ3) is 11.4. The minimum absolute atomic E-state index is 0.000799. The van der Waals surface area contributed by atoms with Crippen LogP contribution in [0.3, 0.4) is 0 Å². The fraction of sp³-hybridized carbons (Fsp3) is 0.247. The van der Waals surface area contributed by atoms with Gasteiger partial charge in [-0.25, -0.2) is 0 Å². The molecule has 1 aliphatic carbocycles. The Morgan fingerprint density at radius 3 is 1.16 bits per heavy atom. The van der Waals surface area contributed by atoms with Crippen molar-refractivity contribution in [2.24, 2.45) is 0 Å². The molecule has 0 saturated heterocycles. The van der Waals surface area contributed by atoms with Gasteiger partial charge in [0.15, 0.2) is 0 Å². The number of para-hydroxylation sites is 2. The van der Waals surface area contributed by atoms with Crippen molar-refractivity contribution in [2.45, 2.75) is 149 Å². The molecule has 0 N–H and O–H groups in total. The van der Waals surface area contributed by atoms with Crippen molar-refractivity contribution in [3.8, 4) is 11.1 Å². The Kier molecular flexibility index (Phi) is 15.8. The van der Waals surface area contributed by atoms with Gasteiger partial charge in [0.25, 0.3) is 0 Å². The van der Waals surface area contributed by atoms with E-state index in [2.05, 4.69) is 381 Å². The molecule has 12 aromatic carbocycles. The highest BCUT2D eigenvalue weighted by atomic mass is 16.3. The first-order valence-electron chi connectivity index (χ1n) is 34.6. The number of fused-ring (bicyclic) bond motifs is 9. The van der Waals surface area contributed by atoms with Crippen molar-refractivity contribution in [3.05, 3.63) is 334 Å². The zero-order valence-corrected chi connectivity index (χ0v) is 59.0. The molecule has 13 aromatic rings. The third-order valence-corrected chi connectivity index (χ3v) is 20.6. The second kappa shape index (κ2) is 23.9. The summed E-state index contributed by atoms with van der Waals surface area (Å²) in [5.41, 5.74) is 24.8. The van der Waals surface area contributed by atoms with Crippen molar-refractivity contribution in [2.75, 3.05) is 9.80 Å². The quantitative estimate of drug-likeness (QED) is 0.122. The van der Waals surface area contributed by atoms with E-state index in [1.807, 2.05) is 0 Å². The Bertz CT molecular complexity index is 4910. The predicted molar refractivity (Wildman–Crippen MR) is 410 cm³/mol. The molecule has 14 rings (SSSR count). The molecule has 0 amide bonds. The molecule has 1 aromatic heterocycles. The zero-order valence-electron chi connectivity index (χ0n) is 59.0.